The number of hydrogen-bond donors (Lipinski definition) is 2. The van der Waals surface area contributed by atoms with Crippen LogP contribution in [0.15, 0.2) is 12.1 Å². The molecular formula is C12H18ClN3. The van der Waals surface area contributed by atoms with Crippen molar-refractivity contribution in [3.8, 4) is 0 Å². The molecule has 0 spiro atoms. The number of pyridine rings is 1. The quantitative estimate of drug-likeness (QED) is 0.797. The minimum atomic E-state index is 0.447. The Balaban J connectivity index is 1.89. The molecule has 0 bridgehead atoms. The molecule has 0 aliphatic heterocycles. The Labute approximate surface area is 101 Å². The van der Waals surface area contributed by atoms with Crippen LogP contribution in [0.2, 0.25) is 5.15 Å². The average molecular weight is 240 g/mol. The molecule has 1 aliphatic carbocycles. The molecule has 3 nitrogen and oxygen atoms in total. The fourth-order valence-corrected chi connectivity index (χ4v) is 2.58. The smallest absolute Gasteiger partial charge is 0.133 e. The van der Waals surface area contributed by atoms with Crippen molar-refractivity contribution < 1.29 is 0 Å². The summed E-state index contributed by atoms with van der Waals surface area (Å²) in [6.45, 7) is 3.28. The lowest BCUT2D eigenvalue weighted by Crippen LogP contribution is -2.12. The Hall–Kier alpha value is -0.960. The zero-order valence-electron chi connectivity index (χ0n) is 9.54. The topological polar surface area (TPSA) is 50.9 Å². The Morgan fingerprint density at radius 1 is 1.50 bits per heavy atom. The third kappa shape index (κ3) is 3.01. The molecule has 2 unspecified atom stereocenters. The Kier molecular flexibility index (Phi) is 3.54. The fraction of sp³-hybridized carbons (Fsp3) is 0.583. The molecular weight excluding hydrogens is 222 g/mol. The Morgan fingerprint density at radius 2 is 2.31 bits per heavy atom. The van der Waals surface area contributed by atoms with Crippen LogP contribution in [0.5, 0.6) is 0 Å². The predicted octanol–water partition coefficient (Wildman–Crippen LogP) is 3.17. The molecule has 1 aromatic heterocycles. The minimum Gasteiger partial charge on any atom is -0.399 e. The van der Waals surface area contributed by atoms with Gasteiger partial charge in [0.25, 0.3) is 0 Å². The lowest BCUT2D eigenvalue weighted by Gasteiger charge is -2.12. The first-order valence-electron chi connectivity index (χ1n) is 5.80. The third-order valence-electron chi connectivity index (χ3n) is 3.19. The number of hydrogen-bond acceptors (Lipinski definition) is 3. The number of rotatable bonds is 3. The lowest BCUT2D eigenvalue weighted by molar-refractivity contribution is 0.536. The third-order valence-corrected chi connectivity index (χ3v) is 3.39. The molecule has 2 atom stereocenters. The van der Waals surface area contributed by atoms with Gasteiger partial charge in [-0.15, -0.1) is 0 Å². The number of aromatic nitrogens is 1. The van der Waals surface area contributed by atoms with E-state index >= 15 is 0 Å². The van der Waals surface area contributed by atoms with Crippen molar-refractivity contribution in [1.82, 2.24) is 4.98 Å². The maximum absolute atomic E-state index is 5.84. The number of anilines is 2. The predicted molar refractivity (Wildman–Crippen MR) is 68.7 cm³/mol. The van der Waals surface area contributed by atoms with E-state index in [0.717, 1.165) is 24.2 Å². The molecule has 3 N–H and O–H groups in total. The van der Waals surface area contributed by atoms with E-state index in [-0.39, 0.29) is 0 Å². The molecule has 88 valence electrons. The average Bonchev–Trinajstić information content (AvgIpc) is 2.60. The van der Waals surface area contributed by atoms with Gasteiger partial charge in [0.05, 0.1) is 0 Å². The first-order valence-corrected chi connectivity index (χ1v) is 6.18. The summed E-state index contributed by atoms with van der Waals surface area (Å²) in [6, 6.07) is 3.48. The van der Waals surface area contributed by atoms with E-state index in [1.165, 1.54) is 19.3 Å². The van der Waals surface area contributed by atoms with Gasteiger partial charge in [0, 0.05) is 18.3 Å². The zero-order chi connectivity index (χ0) is 11.5. The number of nitrogens with one attached hydrogen (secondary N) is 1. The summed E-state index contributed by atoms with van der Waals surface area (Å²) in [4.78, 5) is 4.19. The highest BCUT2D eigenvalue weighted by Gasteiger charge is 2.20. The van der Waals surface area contributed by atoms with Gasteiger partial charge in [0.2, 0.25) is 0 Å². The molecule has 0 aromatic carbocycles. The van der Waals surface area contributed by atoms with Crippen LogP contribution in [0.3, 0.4) is 0 Å². The second kappa shape index (κ2) is 4.91. The lowest BCUT2D eigenvalue weighted by atomic mass is 10.1. The fourth-order valence-electron chi connectivity index (χ4n) is 2.37. The molecule has 0 radical (unpaired) electrons. The molecule has 1 aliphatic rings. The van der Waals surface area contributed by atoms with Gasteiger partial charge >= 0.3 is 0 Å². The largest absolute Gasteiger partial charge is 0.399 e. The maximum Gasteiger partial charge on any atom is 0.133 e. The van der Waals surface area contributed by atoms with Gasteiger partial charge in [0.15, 0.2) is 0 Å². The van der Waals surface area contributed by atoms with Crippen LogP contribution >= 0.6 is 11.6 Å². The van der Waals surface area contributed by atoms with Gasteiger partial charge in [-0.25, -0.2) is 4.98 Å². The van der Waals surface area contributed by atoms with Gasteiger partial charge in [-0.3, -0.25) is 0 Å². The van der Waals surface area contributed by atoms with Crippen molar-refractivity contribution in [1.29, 1.82) is 0 Å². The van der Waals surface area contributed by atoms with Gasteiger partial charge in [-0.05, 0) is 30.7 Å². The van der Waals surface area contributed by atoms with Gasteiger partial charge < -0.3 is 11.1 Å². The number of nitrogen functional groups attached to an aromatic ring is 1. The zero-order valence-corrected chi connectivity index (χ0v) is 10.3. The van der Waals surface area contributed by atoms with Crippen LogP contribution in [0.4, 0.5) is 11.5 Å². The SMILES string of the molecule is CC1CCC(CNc2cc(N)cc(Cl)n2)C1. The summed E-state index contributed by atoms with van der Waals surface area (Å²) in [6.07, 6.45) is 3.96. The molecule has 0 amide bonds. The highest BCUT2D eigenvalue weighted by atomic mass is 35.5. The van der Waals surface area contributed by atoms with E-state index in [2.05, 4.69) is 17.2 Å². The van der Waals surface area contributed by atoms with Crippen molar-refractivity contribution in [3.05, 3.63) is 17.3 Å². The summed E-state index contributed by atoms with van der Waals surface area (Å²) in [5, 5.41) is 3.76. The van der Waals surface area contributed by atoms with E-state index in [4.69, 9.17) is 17.3 Å². The monoisotopic (exact) mass is 239 g/mol. The molecule has 1 heterocycles. The highest BCUT2D eigenvalue weighted by Crippen LogP contribution is 2.30. The first kappa shape index (κ1) is 11.5. The second-order valence-corrected chi connectivity index (χ2v) is 5.16. The van der Waals surface area contributed by atoms with Crippen LogP contribution in [-0.2, 0) is 0 Å². The molecule has 1 saturated carbocycles. The van der Waals surface area contributed by atoms with Gasteiger partial charge in [0.1, 0.15) is 11.0 Å². The molecule has 1 fully saturated rings. The molecule has 4 heteroatoms. The van der Waals surface area contributed by atoms with Crippen molar-refractivity contribution in [3.63, 3.8) is 0 Å². The van der Waals surface area contributed by atoms with Crippen LogP contribution in [0.25, 0.3) is 0 Å². The van der Waals surface area contributed by atoms with Crippen molar-refractivity contribution in [2.45, 2.75) is 26.2 Å². The maximum atomic E-state index is 5.84. The van der Waals surface area contributed by atoms with Crippen molar-refractivity contribution in [2.24, 2.45) is 11.8 Å². The summed E-state index contributed by atoms with van der Waals surface area (Å²) < 4.78 is 0. The summed E-state index contributed by atoms with van der Waals surface area (Å²) in [7, 11) is 0. The molecule has 2 rings (SSSR count). The number of halogens is 1. The van der Waals surface area contributed by atoms with Crippen molar-refractivity contribution in [2.75, 3.05) is 17.6 Å². The minimum absolute atomic E-state index is 0.447. The van der Waals surface area contributed by atoms with Crippen molar-refractivity contribution >= 4 is 23.1 Å². The standard InChI is InChI=1S/C12H18ClN3/c1-8-2-3-9(4-8)7-15-12-6-10(14)5-11(13)16-12/h5-6,8-9H,2-4,7H2,1H3,(H3,14,15,16). The highest BCUT2D eigenvalue weighted by molar-refractivity contribution is 6.29. The van der Waals surface area contributed by atoms with E-state index in [0.29, 0.717) is 10.8 Å². The number of nitrogens with zero attached hydrogens (tertiary/aromatic N) is 1. The van der Waals surface area contributed by atoms with Crippen LogP contribution in [0.1, 0.15) is 26.2 Å². The van der Waals surface area contributed by atoms with Gasteiger partial charge in [-0.1, -0.05) is 24.9 Å². The van der Waals surface area contributed by atoms with Crippen LogP contribution in [-0.4, -0.2) is 11.5 Å². The summed E-state index contributed by atoms with van der Waals surface area (Å²) >= 11 is 5.84. The van der Waals surface area contributed by atoms with E-state index in [1.54, 1.807) is 6.07 Å². The Bertz CT molecular complexity index is 347. The molecule has 1 aromatic rings. The Morgan fingerprint density at radius 3 is 2.94 bits per heavy atom. The summed E-state index contributed by atoms with van der Waals surface area (Å²) in [5.41, 5.74) is 6.36. The first-order chi connectivity index (χ1) is 7.63. The van der Waals surface area contributed by atoms with E-state index < -0.39 is 0 Å². The van der Waals surface area contributed by atoms with Crippen LogP contribution < -0.4 is 11.1 Å². The van der Waals surface area contributed by atoms with Gasteiger partial charge in [-0.2, -0.15) is 0 Å². The molecule has 16 heavy (non-hydrogen) atoms. The molecule has 0 saturated heterocycles. The normalized spacial score (nSPS) is 24.6. The van der Waals surface area contributed by atoms with E-state index in [1.807, 2.05) is 6.07 Å². The van der Waals surface area contributed by atoms with Crippen LogP contribution in [0, 0.1) is 11.8 Å². The second-order valence-electron chi connectivity index (χ2n) is 4.77. The van der Waals surface area contributed by atoms with E-state index in [9.17, 15) is 0 Å². The number of nitrogens with two attached hydrogens (primary N) is 1. The summed E-state index contributed by atoms with van der Waals surface area (Å²) in [5.74, 6) is 2.41.